The molecule has 2 rings (SSSR count). The Morgan fingerprint density at radius 3 is 2.72 bits per heavy atom. The van der Waals surface area contributed by atoms with Crippen molar-refractivity contribution in [1.29, 1.82) is 0 Å². The van der Waals surface area contributed by atoms with Crippen LogP contribution in [0.5, 0.6) is 0 Å². The van der Waals surface area contributed by atoms with Crippen molar-refractivity contribution in [3.05, 3.63) is 0 Å². The van der Waals surface area contributed by atoms with Gasteiger partial charge in [0.05, 0.1) is 0 Å². The second-order valence-electron chi connectivity index (χ2n) is 6.83. The highest BCUT2D eigenvalue weighted by molar-refractivity contribution is 4.91. The summed E-state index contributed by atoms with van der Waals surface area (Å²) in [5, 5.41) is 0. The van der Waals surface area contributed by atoms with Gasteiger partial charge in [-0.15, -0.1) is 0 Å². The molecule has 0 aliphatic carbocycles. The first kappa shape index (κ1) is 14.3. The van der Waals surface area contributed by atoms with E-state index in [9.17, 15) is 0 Å². The maximum Gasteiger partial charge on any atom is 0.0224 e. The van der Waals surface area contributed by atoms with Crippen LogP contribution in [0.3, 0.4) is 0 Å². The van der Waals surface area contributed by atoms with E-state index in [4.69, 9.17) is 5.73 Å². The van der Waals surface area contributed by atoms with Crippen molar-refractivity contribution in [1.82, 2.24) is 9.80 Å². The molecular weight excluding hydrogens is 222 g/mol. The smallest absolute Gasteiger partial charge is 0.0224 e. The first-order chi connectivity index (χ1) is 8.60. The predicted octanol–water partition coefficient (Wildman–Crippen LogP) is 1.78. The average molecular weight is 253 g/mol. The maximum atomic E-state index is 5.95. The third-order valence-corrected chi connectivity index (χ3v) is 4.70. The standard InChI is InChI=1S/C15H31N3/c1-12(2)7-14(8-16)10-18-11-15-5-4-6-17(15)9-13(18)3/h12-15H,4-11,16H2,1-3H3. The Morgan fingerprint density at radius 1 is 1.28 bits per heavy atom. The molecule has 18 heavy (non-hydrogen) atoms. The highest BCUT2D eigenvalue weighted by Crippen LogP contribution is 2.25. The largest absolute Gasteiger partial charge is 0.330 e. The number of hydrogen-bond acceptors (Lipinski definition) is 3. The van der Waals surface area contributed by atoms with E-state index in [1.54, 1.807) is 0 Å². The minimum Gasteiger partial charge on any atom is -0.330 e. The molecule has 3 unspecified atom stereocenters. The summed E-state index contributed by atoms with van der Waals surface area (Å²) in [6, 6.07) is 1.54. The molecule has 0 amide bonds. The van der Waals surface area contributed by atoms with Crippen LogP contribution in [0.2, 0.25) is 0 Å². The lowest BCUT2D eigenvalue weighted by atomic mass is 9.95. The van der Waals surface area contributed by atoms with E-state index < -0.39 is 0 Å². The van der Waals surface area contributed by atoms with E-state index >= 15 is 0 Å². The fourth-order valence-electron chi connectivity index (χ4n) is 3.75. The molecule has 2 saturated heterocycles. The van der Waals surface area contributed by atoms with Gasteiger partial charge in [-0.1, -0.05) is 13.8 Å². The van der Waals surface area contributed by atoms with Crippen molar-refractivity contribution in [3.8, 4) is 0 Å². The fourth-order valence-corrected chi connectivity index (χ4v) is 3.75. The molecule has 0 radical (unpaired) electrons. The highest BCUT2D eigenvalue weighted by Gasteiger charge is 2.34. The summed E-state index contributed by atoms with van der Waals surface area (Å²) in [7, 11) is 0. The summed E-state index contributed by atoms with van der Waals surface area (Å²) < 4.78 is 0. The van der Waals surface area contributed by atoms with Crippen molar-refractivity contribution >= 4 is 0 Å². The Bertz CT molecular complexity index is 254. The van der Waals surface area contributed by atoms with E-state index in [0.717, 1.165) is 18.5 Å². The average Bonchev–Trinajstić information content (AvgIpc) is 2.74. The van der Waals surface area contributed by atoms with Crippen LogP contribution < -0.4 is 5.73 Å². The van der Waals surface area contributed by atoms with Crippen molar-refractivity contribution in [3.63, 3.8) is 0 Å². The Kier molecular flexibility index (Phi) is 5.05. The first-order valence-corrected chi connectivity index (χ1v) is 7.78. The van der Waals surface area contributed by atoms with E-state index in [1.807, 2.05) is 0 Å². The zero-order valence-corrected chi connectivity index (χ0v) is 12.4. The number of rotatable bonds is 5. The fraction of sp³-hybridized carbons (Fsp3) is 1.00. The Labute approximate surface area is 113 Å². The molecule has 0 bridgehead atoms. The van der Waals surface area contributed by atoms with Crippen LogP contribution in [-0.4, -0.2) is 54.6 Å². The molecule has 3 nitrogen and oxygen atoms in total. The lowest BCUT2D eigenvalue weighted by Gasteiger charge is -2.43. The van der Waals surface area contributed by atoms with Gasteiger partial charge >= 0.3 is 0 Å². The van der Waals surface area contributed by atoms with E-state index in [2.05, 4.69) is 30.6 Å². The van der Waals surface area contributed by atoms with Gasteiger partial charge in [-0.25, -0.2) is 0 Å². The number of piperazine rings is 1. The van der Waals surface area contributed by atoms with Gasteiger partial charge in [-0.2, -0.15) is 0 Å². The molecule has 2 aliphatic rings. The molecular formula is C15H31N3. The third kappa shape index (κ3) is 3.46. The van der Waals surface area contributed by atoms with Gasteiger partial charge in [0.2, 0.25) is 0 Å². The maximum absolute atomic E-state index is 5.95. The van der Waals surface area contributed by atoms with E-state index in [-0.39, 0.29) is 0 Å². The van der Waals surface area contributed by atoms with Crippen LogP contribution in [0.1, 0.15) is 40.0 Å². The molecule has 0 aromatic heterocycles. The van der Waals surface area contributed by atoms with Crippen LogP contribution in [0.15, 0.2) is 0 Å². The predicted molar refractivity (Wildman–Crippen MR) is 77.6 cm³/mol. The minimum atomic E-state index is 0.681. The first-order valence-electron chi connectivity index (χ1n) is 7.78. The molecule has 2 heterocycles. The number of nitrogens with two attached hydrogens (primary N) is 1. The van der Waals surface area contributed by atoms with Crippen molar-refractivity contribution in [2.75, 3.05) is 32.7 Å². The monoisotopic (exact) mass is 253 g/mol. The molecule has 0 spiro atoms. The summed E-state index contributed by atoms with van der Waals surface area (Å²) in [6.07, 6.45) is 4.08. The number of nitrogens with zero attached hydrogens (tertiary/aromatic N) is 2. The summed E-state index contributed by atoms with van der Waals surface area (Å²) in [6.45, 7) is 12.9. The quantitative estimate of drug-likeness (QED) is 0.810. The summed E-state index contributed by atoms with van der Waals surface area (Å²) in [5.74, 6) is 1.45. The van der Waals surface area contributed by atoms with Gasteiger partial charge in [0.25, 0.3) is 0 Å². The second kappa shape index (κ2) is 6.36. The molecule has 0 saturated carbocycles. The van der Waals surface area contributed by atoms with Crippen molar-refractivity contribution < 1.29 is 0 Å². The normalized spacial score (nSPS) is 31.8. The Hall–Kier alpha value is -0.120. The Morgan fingerprint density at radius 2 is 2.06 bits per heavy atom. The van der Waals surface area contributed by atoms with Crippen LogP contribution in [0.25, 0.3) is 0 Å². The lowest BCUT2D eigenvalue weighted by molar-refractivity contribution is 0.0466. The summed E-state index contributed by atoms with van der Waals surface area (Å²) in [5.41, 5.74) is 5.95. The van der Waals surface area contributed by atoms with Gasteiger partial charge in [0.15, 0.2) is 0 Å². The number of hydrogen-bond donors (Lipinski definition) is 1. The molecule has 3 heteroatoms. The minimum absolute atomic E-state index is 0.681. The summed E-state index contributed by atoms with van der Waals surface area (Å²) in [4.78, 5) is 5.40. The van der Waals surface area contributed by atoms with Crippen molar-refractivity contribution in [2.45, 2.75) is 52.1 Å². The van der Waals surface area contributed by atoms with Crippen LogP contribution >= 0.6 is 0 Å². The highest BCUT2D eigenvalue weighted by atomic mass is 15.3. The zero-order valence-electron chi connectivity index (χ0n) is 12.4. The van der Waals surface area contributed by atoms with Gasteiger partial charge in [0, 0.05) is 31.7 Å². The zero-order chi connectivity index (χ0) is 13.1. The van der Waals surface area contributed by atoms with E-state index in [0.29, 0.717) is 12.0 Å². The molecule has 0 aromatic carbocycles. The molecule has 0 aromatic rings. The molecule has 2 aliphatic heterocycles. The van der Waals surface area contributed by atoms with Gasteiger partial charge in [-0.05, 0) is 51.1 Å². The molecule has 2 fully saturated rings. The second-order valence-corrected chi connectivity index (χ2v) is 6.83. The Balaban J connectivity index is 1.87. The van der Waals surface area contributed by atoms with Gasteiger partial charge in [-0.3, -0.25) is 9.80 Å². The van der Waals surface area contributed by atoms with E-state index in [1.165, 1.54) is 45.4 Å². The molecule has 2 N–H and O–H groups in total. The van der Waals surface area contributed by atoms with Crippen LogP contribution in [-0.2, 0) is 0 Å². The van der Waals surface area contributed by atoms with Gasteiger partial charge in [0.1, 0.15) is 0 Å². The SMILES string of the molecule is CC(C)CC(CN)CN1CC2CCCN2CC1C. The van der Waals surface area contributed by atoms with Crippen LogP contribution in [0, 0.1) is 11.8 Å². The van der Waals surface area contributed by atoms with Gasteiger partial charge < -0.3 is 5.73 Å². The lowest BCUT2D eigenvalue weighted by Crippen LogP contribution is -2.56. The molecule has 3 atom stereocenters. The number of fused-ring (bicyclic) bond motifs is 1. The van der Waals surface area contributed by atoms with Crippen molar-refractivity contribution in [2.24, 2.45) is 17.6 Å². The summed E-state index contributed by atoms with van der Waals surface area (Å²) >= 11 is 0. The molecule has 106 valence electrons. The van der Waals surface area contributed by atoms with Crippen LogP contribution in [0.4, 0.5) is 0 Å². The topological polar surface area (TPSA) is 32.5 Å². The third-order valence-electron chi connectivity index (χ3n) is 4.70.